The van der Waals surface area contributed by atoms with Crippen molar-refractivity contribution in [1.82, 2.24) is 0 Å². The van der Waals surface area contributed by atoms with E-state index in [-0.39, 0.29) is 11.5 Å². The Bertz CT molecular complexity index is 974. The number of hydrogen-bond donors (Lipinski definition) is 1. The van der Waals surface area contributed by atoms with E-state index in [1.54, 1.807) is 12.1 Å². The van der Waals surface area contributed by atoms with Crippen LogP contribution in [0.3, 0.4) is 0 Å². The summed E-state index contributed by atoms with van der Waals surface area (Å²) in [7, 11) is 0. The summed E-state index contributed by atoms with van der Waals surface area (Å²) in [6, 6.07) is 17.2. The lowest BCUT2D eigenvalue weighted by atomic mass is 10.1. The van der Waals surface area contributed by atoms with Crippen LogP contribution in [0.5, 0.6) is 0 Å². The highest BCUT2D eigenvalue weighted by atomic mass is 32.2. The van der Waals surface area contributed by atoms with Crippen molar-refractivity contribution in [2.75, 3.05) is 4.90 Å². The average molecular weight is 377 g/mol. The second-order valence-corrected chi connectivity index (χ2v) is 7.66. The zero-order valence-electron chi connectivity index (χ0n) is 15.1. The summed E-state index contributed by atoms with van der Waals surface area (Å²) in [6.45, 7) is 3.95. The van der Waals surface area contributed by atoms with Crippen LogP contribution in [-0.2, 0) is 16.0 Å². The number of amides is 2. The number of nitrogens with two attached hydrogens (primary N) is 1. The molecule has 2 aromatic carbocycles. The monoisotopic (exact) mass is 377 g/mol. The molecule has 136 valence electrons. The lowest BCUT2D eigenvalue weighted by Gasteiger charge is -2.18. The molecule has 1 saturated heterocycles. The highest BCUT2D eigenvalue weighted by molar-refractivity contribution is 8.05. The molecule has 0 aliphatic carbocycles. The maximum absolute atomic E-state index is 13.1. The van der Waals surface area contributed by atoms with Gasteiger partial charge in [-0.3, -0.25) is 14.5 Å². The van der Waals surface area contributed by atoms with E-state index in [1.165, 1.54) is 16.7 Å². The first-order valence-corrected chi connectivity index (χ1v) is 9.35. The van der Waals surface area contributed by atoms with Gasteiger partial charge < -0.3 is 5.73 Å². The molecule has 1 atom stereocenters. The van der Waals surface area contributed by atoms with Crippen molar-refractivity contribution < 1.29 is 9.59 Å². The highest BCUT2D eigenvalue weighted by Crippen LogP contribution is 2.41. The number of nitrogens with zero attached hydrogens (tertiary/aromatic N) is 2. The Morgan fingerprint density at radius 2 is 1.89 bits per heavy atom. The lowest BCUT2D eigenvalue weighted by molar-refractivity contribution is -0.117. The Balaban J connectivity index is 2.03. The number of hydrogen-bond acceptors (Lipinski definition) is 4. The molecule has 0 saturated carbocycles. The predicted octanol–water partition coefficient (Wildman–Crippen LogP) is 3.22. The van der Waals surface area contributed by atoms with E-state index >= 15 is 0 Å². The Hall–Kier alpha value is -3.04. The number of benzene rings is 2. The zero-order valence-corrected chi connectivity index (χ0v) is 15.9. The molecule has 2 aromatic rings. The summed E-state index contributed by atoms with van der Waals surface area (Å²) in [5, 5.41) is 9.28. The SMILES string of the molecule is Cc1ccc(N2C(=O)[C@@H](Cc3cccc(C)c3)S/C2=C(/C#N)C(N)=O)cc1. The Kier molecular flexibility index (Phi) is 5.33. The maximum atomic E-state index is 13.1. The summed E-state index contributed by atoms with van der Waals surface area (Å²) >= 11 is 1.22. The molecule has 1 heterocycles. The molecule has 2 amide bonds. The Morgan fingerprint density at radius 3 is 2.48 bits per heavy atom. The number of anilines is 1. The van der Waals surface area contributed by atoms with Crippen molar-refractivity contribution >= 4 is 29.3 Å². The Morgan fingerprint density at radius 1 is 1.19 bits per heavy atom. The third-order valence-corrected chi connectivity index (χ3v) is 5.58. The largest absolute Gasteiger partial charge is 0.365 e. The van der Waals surface area contributed by atoms with Crippen LogP contribution in [0.4, 0.5) is 5.69 Å². The molecule has 6 heteroatoms. The van der Waals surface area contributed by atoms with Crippen LogP contribution in [0.1, 0.15) is 16.7 Å². The fraction of sp³-hybridized carbons (Fsp3) is 0.190. The minimum Gasteiger partial charge on any atom is -0.365 e. The first-order chi connectivity index (χ1) is 12.9. The maximum Gasteiger partial charge on any atom is 0.262 e. The third kappa shape index (κ3) is 3.88. The van der Waals surface area contributed by atoms with Crippen molar-refractivity contribution in [3.8, 4) is 6.07 Å². The highest BCUT2D eigenvalue weighted by Gasteiger charge is 2.40. The van der Waals surface area contributed by atoms with E-state index in [9.17, 15) is 14.9 Å². The number of primary amides is 1. The van der Waals surface area contributed by atoms with Gasteiger partial charge in [-0.25, -0.2) is 0 Å². The molecule has 0 unspecified atom stereocenters. The van der Waals surface area contributed by atoms with E-state index in [4.69, 9.17) is 5.73 Å². The molecule has 1 aliphatic rings. The van der Waals surface area contributed by atoms with Gasteiger partial charge >= 0.3 is 0 Å². The van der Waals surface area contributed by atoms with Crippen molar-refractivity contribution in [3.05, 3.63) is 75.8 Å². The van der Waals surface area contributed by atoms with Gasteiger partial charge in [-0.05, 0) is 38.0 Å². The van der Waals surface area contributed by atoms with Gasteiger partial charge in [0.2, 0.25) is 5.91 Å². The smallest absolute Gasteiger partial charge is 0.262 e. The standard InChI is InChI=1S/C21H19N3O2S/c1-13-6-8-16(9-7-13)24-20(26)18(11-15-5-3-4-14(2)10-15)27-21(24)17(12-22)19(23)25/h3-10,18H,11H2,1-2H3,(H2,23,25)/b21-17-/t18-/m1/s1. The molecule has 3 rings (SSSR count). The second-order valence-electron chi connectivity index (χ2n) is 6.47. The van der Waals surface area contributed by atoms with Crippen LogP contribution < -0.4 is 10.6 Å². The summed E-state index contributed by atoms with van der Waals surface area (Å²) in [6.07, 6.45) is 0.508. The molecule has 5 nitrogen and oxygen atoms in total. The van der Waals surface area contributed by atoms with Crippen LogP contribution in [0.2, 0.25) is 0 Å². The van der Waals surface area contributed by atoms with Crippen LogP contribution >= 0.6 is 11.8 Å². The van der Waals surface area contributed by atoms with Gasteiger partial charge in [-0.2, -0.15) is 5.26 Å². The summed E-state index contributed by atoms with van der Waals surface area (Å²) < 4.78 is 0. The van der Waals surface area contributed by atoms with Crippen LogP contribution in [0, 0.1) is 25.2 Å². The molecule has 1 aliphatic heterocycles. The molecule has 0 bridgehead atoms. The fourth-order valence-electron chi connectivity index (χ4n) is 2.98. The van der Waals surface area contributed by atoms with Gasteiger partial charge in [0.05, 0.1) is 5.25 Å². The first kappa shape index (κ1) is 18.7. The Labute approximate surface area is 162 Å². The van der Waals surface area contributed by atoms with Crippen molar-refractivity contribution in [1.29, 1.82) is 5.26 Å². The molecule has 2 N–H and O–H groups in total. The van der Waals surface area contributed by atoms with Gasteiger partial charge in [-0.1, -0.05) is 59.3 Å². The van der Waals surface area contributed by atoms with E-state index < -0.39 is 11.2 Å². The summed E-state index contributed by atoms with van der Waals surface area (Å²) in [5.41, 5.74) is 9.01. The zero-order chi connectivity index (χ0) is 19.6. The van der Waals surface area contributed by atoms with Crippen LogP contribution in [0.15, 0.2) is 59.1 Å². The predicted molar refractivity (Wildman–Crippen MR) is 107 cm³/mol. The fourth-order valence-corrected chi connectivity index (χ4v) is 4.30. The third-order valence-electron chi connectivity index (χ3n) is 4.32. The topological polar surface area (TPSA) is 87.2 Å². The summed E-state index contributed by atoms with van der Waals surface area (Å²) in [5.74, 6) is -0.990. The van der Waals surface area contributed by atoms with Crippen molar-refractivity contribution in [2.45, 2.75) is 25.5 Å². The number of carbonyl (C=O) groups excluding carboxylic acids is 2. The van der Waals surface area contributed by atoms with Crippen LogP contribution in [-0.4, -0.2) is 17.1 Å². The number of rotatable bonds is 4. The minimum atomic E-state index is -0.832. The number of thioether (sulfide) groups is 1. The van der Waals surface area contributed by atoms with E-state index in [0.717, 1.165) is 16.7 Å². The van der Waals surface area contributed by atoms with Gasteiger partial charge in [0.15, 0.2) is 0 Å². The number of aryl methyl sites for hydroxylation is 2. The first-order valence-electron chi connectivity index (χ1n) is 8.47. The number of nitriles is 1. The van der Waals surface area contributed by atoms with Gasteiger partial charge in [0.25, 0.3) is 5.91 Å². The minimum absolute atomic E-state index is 0.158. The lowest BCUT2D eigenvalue weighted by Crippen LogP contribution is -2.31. The molecular weight excluding hydrogens is 358 g/mol. The van der Waals surface area contributed by atoms with E-state index in [1.807, 2.05) is 56.3 Å². The average Bonchev–Trinajstić information content (AvgIpc) is 2.92. The van der Waals surface area contributed by atoms with Gasteiger partial charge in [0.1, 0.15) is 16.7 Å². The second kappa shape index (κ2) is 7.68. The van der Waals surface area contributed by atoms with Crippen LogP contribution in [0.25, 0.3) is 0 Å². The molecule has 1 fully saturated rings. The molecular formula is C21H19N3O2S. The molecule has 0 radical (unpaired) electrons. The molecule has 27 heavy (non-hydrogen) atoms. The normalized spacial score (nSPS) is 18.3. The quantitative estimate of drug-likeness (QED) is 0.655. The van der Waals surface area contributed by atoms with Gasteiger partial charge in [0, 0.05) is 5.69 Å². The van der Waals surface area contributed by atoms with E-state index in [2.05, 4.69) is 0 Å². The van der Waals surface area contributed by atoms with Crippen molar-refractivity contribution in [3.63, 3.8) is 0 Å². The summed E-state index contributed by atoms with van der Waals surface area (Å²) in [4.78, 5) is 26.3. The molecule has 0 aromatic heterocycles. The van der Waals surface area contributed by atoms with E-state index in [0.29, 0.717) is 17.1 Å². The van der Waals surface area contributed by atoms with Crippen molar-refractivity contribution in [2.24, 2.45) is 5.73 Å². The molecule has 0 spiro atoms. The number of carbonyl (C=O) groups is 2. The van der Waals surface area contributed by atoms with Gasteiger partial charge in [-0.15, -0.1) is 0 Å².